The second-order valence-corrected chi connectivity index (χ2v) is 5.70. The van der Waals surface area contributed by atoms with Gasteiger partial charge in [0, 0.05) is 18.3 Å². The molecule has 2 N–H and O–H groups in total. The van der Waals surface area contributed by atoms with Gasteiger partial charge in [-0.1, -0.05) is 20.3 Å². The summed E-state index contributed by atoms with van der Waals surface area (Å²) in [4.78, 5) is 14.4. The Morgan fingerprint density at radius 3 is 2.94 bits per heavy atom. The maximum atomic E-state index is 11.3. The molecule has 2 rings (SSSR count). The lowest BCUT2D eigenvalue weighted by Crippen LogP contribution is -2.37. The Hall–Kier alpha value is -1.29. The average molecular weight is 250 g/mol. The number of methoxy groups -OCH3 is 1. The molecule has 1 aromatic rings. The Kier molecular flexibility index (Phi) is 3.76. The lowest BCUT2D eigenvalue weighted by molar-refractivity contribution is 0.0594. The van der Waals surface area contributed by atoms with Crippen molar-refractivity contribution >= 4 is 5.97 Å². The number of carbonyl (C=O) groups is 1. The molecule has 4 nitrogen and oxygen atoms in total. The topological polar surface area (TPSA) is 54.1 Å². The van der Waals surface area contributed by atoms with Crippen molar-refractivity contribution in [1.29, 1.82) is 0 Å². The Bertz CT molecular complexity index is 423. The van der Waals surface area contributed by atoms with E-state index in [-0.39, 0.29) is 5.97 Å². The quantitative estimate of drug-likeness (QED) is 0.807. The zero-order valence-corrected chi connectivity index (χ0v) is 11.4. The molecular formula is C14H22N2O2. The fraction of sp³-hybridized carbons (Fsp3) is 0.643. The fourth-order valence-electron chi connectivity index (χ4n) is 2.71. The second kappa shape index (κ2) is 5.14. The Morgan fingerprint density at radius 2 is 2.33 bits per heavy atom. The van der Waals surface area contributed by atoms with Crippen molar-refractivity contribution in [2.75, 3.05) is 7.11 Å². The van der Waals surface area contributed by atoms with Crippen molar-refractivity contribution in [2.45, 2.75) is 45.7 Å². The molecule has 1 saturated carbocycles. The van der Waals surface area contributed by atoms with Gasteiger partial charge < -0.3 is 15.0 Å². The number of ether oxygens (including phenoxy) is 1. The molecule has 1 aromatic heterocycles. The number of aromatic amines is 1. The Morgan fingerprint density at radius 1 is 1.56 bits per heavy atom. The van der Waals surface area contributed by atoms with Gasteiger partial charge in [-0.2, -0.15) is 0 Å². The number of aromatic nitrogens is 1. The zero-order valence-electron chi connectivity index (χ0n) is 11.4. The van der Waals surface area contributed by atoms with Crippen LogP contribution in [0, 0.1) is 5.41 Å². The van der Waals surface area contributed by atoms with Gasteiger partial charge in [0.1, 0.15) is 5.69 Å². The molecule has 100 valence electrons. The van der Waals surface area contributed by atoms with Crippen LogP contribution in [0.25, 0.3) is 0 Å². The van der Waals surface area contributed by atoms with Crippen LogP contribution >= 0.6 is 0 Å². The summed E-state index contributed by atoms with van der Waals surface area (Å²) in [5.41, 5.74) is 1.91. The van der Waals surface area contributed by atoms with E-state index < -0.39 is 0 Å². The van der Waals surface area contributed by atoms with Crippen LogP contribution in [0.2, 0.25) is 0 Å². The third-order valence-electron chi connectivity index (χ3n) is 3.95. The van der Waals surface area contributed by atoms with E-state index >= 15 is 0 Å². The van der Waals surface area contributed by atoms with Crippen LogP contribution in [0.1, 0.15) is 49.3 Å². The van der Waals surface area contributed by atoms with Crippen molar-refractivity contribution < 1.29 is 9.53 Å². The normalized spacial score (nSPS) is 22.1. The first-order valence-corrected chi connectivity index (χ1v) is 6.52. The van der Waals surface area contributed by atoms with Crippen LogP contribution < -0.4 is 5.32 Å². The van der Waals surface area contributed by atoms with Gasteiger partial charge in [-0.3, -0.25) is 0 Å². The van der Waals surface area contributed by atoms with Crippen molar-refractivity contribution in [3.8, 4) is 0 Å². The molecule has 0 radical (unpaired) electrons. The van der Waals surface area contributed by atoms with E-state index in [4.69, 9.17) is 0 Å². The number of H-pyrrole nitrogens is 1. The Labute approximate surface area is 108 Å². The van der Waals surface area contributed by atoms with Crippen molar-refractivity contribution in [1.82, 2.24) is 10.3 Å². The highest BCUT2D eigenvalue weighted by molar-refractivity contribution is 5.87. The lowest BCUT2D eigenvalue weighted by Gasteiger charge is -2.27. The zero-order chi connectivity index (χ0) is 13.2. The van der Waals surface area contributed by atoms with Crippen LogP contribution in [0.5, 0.6) is 0 Å². The summed E-state index contributed by atoms with van der Waals surface area (Å²) in [5.74, 6) is -0.317. The number of esters is 1. The minimum Gasteiger partial charge on any atom is -0.464 e. The SMILES string of the molecule is COC(=O)c1ccc(CNC2CCCC2(C)C)[nH]1. The summed E-state index contributed by atoms with van der Waals surface area (Å²) in [6, 6.07) is 4.26. The van der Waals surface area contributed by atoms with Gasteiger partial charge in [-0.25, -0.2) is 4.79 Å². The maximum Gasteiger partial charge on any atom is 0.354 e. The fourth-order valence-corrected chi connectivity index (χ4v) is 2.71. The summed E-state index contributed by atoms with van der Waals surface area (Å²) in [6.45, 7) is 5.39. The number of nitrogens with one attached hydrogen (secondary N) is 2. The molecule has 0 spiro atoms. The molecule has 1 fully saturated rings. The first-order chi connectivity index (χ1) is 8.53. The van der Waals surface area contributed by atoms with E-state index in [1.165, 1.54) is 26.4 Å². The number of rotatable bonds is 4. The van der Waals surface area contributed by atoms with Crippen molar-refractivity contribution in [3.63, 3.8) is 0 Å². The molecule has 1 aliphatic rings. The highest BCUT2D eigenvalue weighted by Crippen LogP contribution is 2.37. The predicted octanol–water partition coefficient (Wildman–Crippen LogP) is 2.47. The molecule has 1 heterocycles. The standard InChI is InChI=1S/C14H22N2O2/c1-14(2)8-4-5-12(14)15-9-10-6-7-11(16-10)13(17)18-3/h6-7,12,15-16H,4-5,8-9H2,1-3H3. The van der Waals surface area contributed by atoms with Crippen LogP contribution in [0.3, 0.4) is 0 Å². The largest absolute Gasteiger partial charge is 0.464 e. The lowest BCUT2D eigenvalue weighted by atomic mass is 9.87. The molecule has 1 aliphatic carbocycles. The Balaban J connectivity index is 1.91. The van der Waals surface area contributed by atoms with Crippen LogP contribution in [0.15, 0.2) is 12.1 Å². The monoisotopic (exact) mass is 250 g/mol. The van der Waals surface area contributed by atoms with Gasteiger partial charge in [0.2, 0.25) is 0 Å². The highest BCUT2D eigenvalue weighted by Gasteiger charge is 2.33. The molecule has 18 heavy (non-hydrogen) atoms. The van der Waals surface area contributed by atoms with Gasteiger partial charge in [0.05, 0.1) is 7.11 Å². The summed E-state index contributed by atoms with van der Waals surface area (Å²) in [5, 5.41) is 3.58. The van der Waals surface area contributed by atoms with E-state index in [1.807, 2.05) is 6.07 Å². The molecule has 4 heteroatoms. The maximum absolute atomic E-state index is 11.3. The highest BCUT2D eigenvalue weighted by atomic mass is 16.5. The third kappa shape index (κ3) is 2.75. The molecule has 0 bridgehead atoms. The smallest absolute Gasteiger partial charge is 0.354 e. The van der Waals surface area contributed by atoms with Crippen LogP contribution in [-0.2, 0) is 11.3 Å². The molecule has 1 unspecified atom stereocenters. The van der Waals surface area contributed by atoms with E-state index in [1.54, 1.807) is 6.07 Å². The van der Waals surface area contributed by atoms with Gasteiger partial charge in [0.15, 0.2) is 0 Å². The van der Waals surface area contributed by atoms with Gasteiger partial charge in [-0.05, 0) is 30.4 Å². The van der Waals surface area contributed by atoms with Crippen molar-refractivity contribution in [2.24, 2.45) is 5.41 Å². The van der Waals surface area contributed by atoms with Gasteiger partial charge >= 0.3 is 5.97 Å². The van der Waals surface area contributed by atoms with E-state index in [0.717, 1.165) is 12.2 Å². The van der Waals surface area contributed by atoms with Crippen LogP contribution in [0.4, 0.5) is 0 Å². The molecule has 1 atom stereocenters. The predicted molar refractivity (Wildman–Crippen MR) is 70.4 cm³/mol. The minimum atomic E-state index is -0.317. The number of hydrogen-bond acceptors (Lipinski definition) is 3. The van der Waals surface area contributed by atoms with Crippen LogP contribution in [-0.4, -0.2) is 24.1 Å². The molecule has 0 aliphatic heterocycles. The summed E-state index contributed by atoms with van der Waals surface area (Å²) >= 11 is 0. The second-order valence-electron chi connectivity index (χ2n) is 5.70. The minimum absolute atomic E-state index is 0.317. The van der Waals surface area contributed by atoms with E-state index in [9.17, 15) is 4.79 Å². The first-order valence-electron chi connectivity index (χ1n) is 6.52. The average Bonchev–Trinajstić information content (AvgIpc) is 2.92. The summed E-state index contributed by atoms with van der Waals surface area (Å²) in [6.07, 6.45) is 3.81. The summed E-state index contributed by atoms with van der Waals surface area (Å²) < 4.78 is 4.67. The summed E-state index contributed by atoms with van der Waals surface area (Å²) in [7, 11) is 1.39. The van der Waals surface area contributed by atoms with Gasteiger partial charge in [-0.15, -0.1) is 0 Å². The number of carbonyl (C=O) groups excluding carboxylic acids is 1. The van der Waals surface area contributed by atoms with Crippen molar-refractivity contribution in [3.05, 3.63) is 23.5 Å². The molecule has 0 amide bonds. The number of hydrogen-bond donors (Lipinski definition) is 2. The molecular weight excluding hydrogens is 228 g/mol. The third-order valence-corrected chi connectivity index (χ3v) is 3.95. The first kappa shape index (κ1) is 13.1. The van der Waals surface area contributed by atoms with Gasteiger partial charge in [0.25, 0.3) is 0 Å². The van der Waals surface area contributed by atoms with E-state index in [2.05, 4.69) is 28.9 Å². The molecule has 0 aromatic carbocycles. The van der Waals surface area contributed by atoms with E-state index in [0.29, 0.717) is 17.2 Å². The molecule has 0 saturated heterocycles.